The summed E-state index contributed by atoms with van der Waals surface area (Å²) in [5.41, 5.74) is 0.0824. The lowest BCUT2D eigenvalue weighted by Gasteiger charge is -1.95. The molecule has 0 radical (unpaired) electrons. The molecule has 1 heterocycles. The van der Waals surface area contributed by atoms with Gasteiger partial charge in [0.25, 0.3) is 0 Å². The van der Waals surface area contributed by atoms with Crippen molar-refractivity contribution in [1.29, 1.82) is 0 Å². The molecule has 2 N–H and O–H groups in total. The van der Waals surface area contributed by atoms with E-state index in [4.69, 9.17) is 5.11 Å². The standard InChI is InChI=1S/C7H9N3O3S/c1-8-7-9-4(3-14-7)5(6(11)12)10-13-2/h3H,1-2H3,(H,8,9)(H,11,12)/b10-5-. The third-order valence-electron chi connectivity index (χ3n) is 1.35. The van der Waals surface area contributed by atoms with Crippen LogP contribution in [-0.2, 0) is 9.63 Å². The minimum absolute atomic E-state index is 0.203. The molecule has 0 saturated heterocycles. The predicted molar refractivity (Wildman–Crippen MR) is 52.8 cm³/mol. The molecule has 1 aromatic heterocycles. The van der Waals surface area contributed by atoms with Gasteiger partial charge in [0.1, 0.15) is 12.8 Å². The highest BCUT2D eigenvalue weighted by Crippen LogP contribution is 2.15. The number of rotatable bonds is 4. The van der Waals surface area contributed by atoms with Crippen molar-refractivity contribution in [2.24, 2.45) is 5.16 Å². The summed E-state index contributed by atoms with van der Waals surface area (Å²) in [5.74, 6) is -1.17. The van der Waals surface area contributed by atoms with Crippen molar-refractivity contribution < 1.29 is 14.7 Å². The third-order valence-corrected chi connectivity index (χ3v) is 2.21. The van der Waals surface area contributed by atoms with Crippen LogP contribution in [0.25, 0.3) is 0 Å². The molecule has 0 fully saturated rings. The van der Waals surface area contributed by atoms with Crippen LogP contribution in [0, 0.1) is 0 Å². The monoisotopic (exact) mass is 215 g/mol. The molecule has 0 saturated carbocycles. The van der Waals surface area contributed by atoms with E-state index in [1.54, 1.807) is 12.4 Å². The molecule has 1 aromatic rings. The number of oxime groups is 1. The maximum atomic E-state index is 10.7. The number of hydrogen-bond acceptors (Lipinski definition) is 6. The molecule has 0 bridgehead atoms. The van der Waals surface area contributed by atoms with Gasteiger partial charge in [-0.15, -0.1) is 11.3 Å². The van der Waals surface area contributed by atoms with Gasteiger partial charge in [-0.05, 0) is 0 Å². The third kappa shape index (κ3) is 2.19. The van der Waals surface area contributed by atoms with Crippen LogP contribution in [0.3, 0.4) is 0 Å². The fourth-order valence-electron chi connectivity index (χ4n) is 0.784. The van der Waals surface area contributed by atoms with E-state index in [1.165, 1.54) is 18.4 Å². The molecule has 76 valence electrons. The van der Waals surface area contributed by atoms with Crippen molar-refractivity contribution in [2.45, 2.75) is 0 Å². The van der Waals surface area contributed by atoms with Gasteiger partial charge in [0.05, 0.1) is 0 Å². The molecular weight excluding hydrogens is 206 g/mol. The Balaban J connectivity index is 3.00. The lowest BCUT2D eigenvalue weighted by Crippen LogP contribution is -2.15. The summed E-state index contributed by atoms with van der Waals surface area (Å²) in [6.07, 6.45) is 0. The van der Waals surface area contributed by atoms with Crippen LogP contribution in [0.15, 0.2) is 10.5 Å². The quantitative estimate of drug-likeness (QED) is 0.568. The normalized spacial score (nSPS) is 11.1. The van der Waals surface area contributed by atoms with Gasteiger partial charge in [-0.25, -0.2) is 9.78 Å². The highest BCUT2D eigenvalue weighted by atomic mass is 32.1. The second-order valence-corrected chi connectivity index (χ2v) is 3.07. The van der Waals surface area contributed by atoms with E-state index in [0.717, 1.165) is 0 Å². The number of carbonyl (C=O) groups is 1. The number of aliphatic carboxylic acids is 1. The summed E-state index contributed by atoms with van der Waals surface area (Å²) in [5, 5.41) is 17.2. The average Bonchev–Trinajstić information content (AvgIpc) is 2.61. The molecule has 0 atom stereocenters. The van der Waals surface area contributed by atoms with Gasteiger partial charge >= 0.3 is 5.97 Å². The van der Waals surface area contributed by atoms with Crippen LogP contribution < -0.4 is 5.32 Å². The van der Waals surface area contributed by atoms with E-state index in [2.05, 4.69) is 20.3 Å². The Bertz CT molecular complexity index is 361. The SMILES string of the molecule is CNc1nc(/C(=N/OC)C(=O)O)cs1. The molecule has 0 aliphatic rings. The fraction of sp³-hybridized carbons (Fsp3) is 0.286. The van der Waals surface area contributed by atoms with Crippen LogP contribution >= 0.6 is 11.3 Å². The summed E-state index contributed by atoms with van der Waals surface area (Å²) in [4.78, 5) is 19.1. The van der Waals surface area contributed by atoms with E-state index < -0.39 is 5.97 Å². The summed E-state index contributed by atoms with van der Waals surface area (Å²) >= 11 is 1.30. The molecule has 14 heavy (non-hydrogen) atoms. The number of nitrogens with one attached hydrogen (secondary N) is 1. The zero-order valence-electron chi connectivity index (χ0n) is 7.64. The molecule has 0 aliphatic heterocycles. The minimum Gasteiger partial charge on any atom is -0.476 e. The number of aromatic nitrogens is 1. The first-order chi connectivity index (χ1) is 6.69. The van der Waals surface area contributed by atoms with Crippen LogP contribution in [0.4, 0.5) is 5.13 Å². The molecule has 0 aromatic carbocycles. The summed E-state index contributed by atoms with van der Waals surface area (Å²) < 4.78 is 0. The number of carboxylic acid groups (broad SMARTS) is 1. The van der Waals surface area contributed by atoms with Crippen LogP contribution in [0.2, 0.25) is 0 Å². The van der Waals surface area contributed by atoms with Gasteiger partial charge in [-0.3, -0.25) is 0 Å². The first kappa shape index (κ1) is 10.5. The van der Waals surface area contributed by atoms with Crippen LogP contribution in [0.1, 0.15) is 5.69 Å². The van der Waals surface area contributed by atoms with E-state index in [0.29, 0.717) is 5.13 Å². The number of carboxylic acids is 1. The van der Waals surface area contributed by atoms with Gasteiger partial charge in [-0.2, -0.15) is 0 Å². The summed E-state index contributed by atoms with van der Waals surface area (Å²) in [6.45, 7) is 0. The highest BCUT2D eigenvalue weighted by molar-refractivity contribution is 7.14. The molecule has 1 rings (SSSR count). The van der Waals surface area contributed by atoms with Gasteiger partial charge < -0.3 is 15.3 Å². The lowest BCUT2D eigenvalue weighted by atomic mass is 10.3. The fourth-order valence-corrected chi connectivity index (χ4v) is 1.44. The van der Waals surface area contributed by atoms with Crippen molar-refractivity contribution >= 4 is 28.1 Å². The zero-order chi connectivity index (χ0) is 10.6. The summed E-state index contributed by atoms with van der Waals surface area (Å²) in [7, 11) is 2.99. The zero-order valence-corrected chi connectivity index (χ0v) is 8.46. The summed E-state index contributed by atoms with van der Waals surface area (Å²) in [6, 6.07) is 0. The number of nitrogens with zero attached hydrogens (tertiary/aromatic N) is 2. The van der Waals surface area contributed by atoms with Gasteiger partial charge in [0.15, 0.2) is 5.13 Å². The maximum Gasteiger partial charge on any atom is 0.360 e. The predicted octanol–water partition coefficient (Wildman–Crippen LogP) is 0.620. The van der Waals surface area contributed by atoms with Gasteiger partial charge in [0.2, 0.25) is 5.71 Å². The molecule has 0 unspecified atom stereocenters. The van der Waals surface area contributed by atoms with Crippen molar-refractivity contribution in [3.8, 4) is 0 Å². The molecule has 0 aliphatic carbocycles. The molecule has 6 nitrogen and oxygen atoms in total. The smallest absolute Gasteiger partial charge is 0.360 e. The number of anilines is 1. The Hall–Kier alpha value is -1.63. The number of hydrogen-bond donors (Lipinski definition) is 2. The van der Waals surface area contributed by atoms with E-state index >= 15 is 0 Å². The van der Waals surface area contributed by atoms with E-state index in [1.807, 2.05) is 0 Å². The van der Waals surface area contributed by atoms with Crippen molar-refractivity contribution in [3.05, 3.63) is 11.1 Å². The Morgan fingerprint density at radius 2 is 2.50 bits per heavy atom. The highest BCUT2D eigenvalue weighted by Gasteiger charge is 2.16. The van der Waals surface area contributed by atoms with Crippen molar-refractivity contribution in [2.75, 3.05) is 19.5 Å². The van der Waals surface area contributed by atoms with Gasteiger partial charge in [0, 0.05) is 12.4 Å². The first-order valence-electron chi connectivity index (χ1n) is 3.67. The second kappa shape index (κ2) is 4.56. The van der Waals surface area contributed by atoms with E-state index in [9.17, 15) is 4.79 Å². The van der Waals surface area contributed by atoms with E-state index in [-0.39, 0.29) is 11.4 Å². The Morgan fingerprint density at radius 1 is 1.79 bits per heavy atom. The Labute approximate surface area is 84.2 Å². The number of thiazole rings is 1. The molecular formula is C7H9N3O3S. The largest absolute Gasteiger partial charge is 0.476 e. The maximum absolute atomic E-state index is 10.7. The van der Waals surface area contributed by atoms with Crippen LogP contribution in [-0.4, -0.2) is 35.9 Å². The Kier molecular flexibility index (Phi) is 3.41. The first-order valence-corrected chi connectivity index (χ1v) is 4.55. The minimum atomic E-state index is -1.17. The average molecular weight is 215 g/mol. The van der Waals surface area contributed by atoms with Crippen LogP contribution in [0.5, 0.6) is 0 Å². The van der Waals surface area contributed by atoms with Crippen molar-refractivity contribution in [1.82, 2.24) is 4.98 Å². The van der Waals surface area contributed by atoms with Gasteiger partial charge in [-0.1, -0.05) is 5.16 Å². The lowest BCUT2D eigenvalue weighted by molar-refractivity contribution is -0.129. The van der Waals surface area contributed by atoms with Crippen molar-refractivity contribution in [3.63, 3.8) is 0 Å². The topological polar surface area (TPSA) is 83.8 Å². The second-order valence-electron chi connectivity index (χ2n) is 2.22. The molecule has 0 amide bonds. The molecule has 0 spiro atoms. The Morgan fingerprint density at radius 3 is 2.93 bits per heavy atom. The molecule has 7 heteroatoms.